The van der Waals surface area contributed by atoms with Crippen molar-refractivity contribution in [3.05, 3.63) is 52.8 Å². The van der Waals surface area contributed by atoms with Crippen LogP contribution in [0.5, 0.6) is 0 Å². The summed E-state index contributed by atoms with van der Waals surface area (Å²) in [6, 6.07) is 7.34. The van der Waals surface area contributed by atoms with Crippen LogP contribution < -0.4 is 5.56 Å². The molecule has 7 heteroatoms. The highest BCUT2D eigenvalue weighted by atomic mass is 32.2. The standard InChI is InChI=1S/C16H18N4O2S/c1-19-9-7-17-14(19)11-23-16-18-13-6-3-2-5-12(13)15(22)20(16)8-4-10-21/h2-3,5-7,9,21H,4,8,10-11H2,1H3. The molecule has 0 atom stereocenters. The number of benzene rings is 1. The van der Waals surface area contributed by atoms with Crippen molar-refractivity contribution in [2.24, 2.45) is 7.05 Å². The molecule has 0 aliphatic heterocycles. The van der Waals surface area contributed by atoms with E-state index in [4.69, 9.17) is 5.11 Å². The molecule has 6 nitrogen and oxygen atoms in total. The molecule has 2 aromatic heterocycles. The fourth-order valence-electron chi connectivity index (χ4n) is 2.35. The van der Waals surface area contributed by atoms with Gasteiger partial charge in [-0.05, 0) is 18.6 Å². The van der Waals surface area contributed by atoms with Gasteiger partial charge in [0.05, 0.1) is 16.7 Å². The Morgan fingerprint density at radius 3 is 2.87 bits per heavy atom. The Balaban J connectivity index is 1.99. The molecule has 0 spiro atoms. The lowest BCUT2D eigenvalue weighted by atomic mass is 10.2. The lowest BCUT2D eigenvalue weighted by Crippen LogP contribution is -2.24. The highest BCUT2D eigenvalue weighted by Crippen LogP contribution is 2.21. The van der Waals surface area contributed by atoms with Gasteiger partial charge in [-0.25, -0.2) is 9.97 Å². The molecule has 2 heterocycles. The summed E-state index contributed by atoms with van der Waals surface area (Å²) in [6.45, 7) is 0.499. The molecule has 0 aliphatic carbocycles. The first-order valence-corrected chi connectivity index (χ1v) is 8.38. The maximum Gasteiger partial charge on any atom is 0.262 e. The van der Waals surface area contributed by atoms with Crippen LogP contribution in [0, 0.1) is 0 Å². The number of aliphatic hydroxyl groups is 1. The predicted molar refractivity (Wildman–Crippen MR) is 90.5 cm³/mol. The van der Waals surface area contributed by atoms with Gasteiger partial charge in [-0.2, -0.15) is 0 Å². The van der Waals surface area contributed by atoms with Gasteiger partial charge in [0, 0.05) is 32.6 Å². The number of fused-ring (bicyclic) bond motifs is 1. The second-order valence-corrected chi connectivity index (χ2v) is 6.13. The number of imidazole rings is 1. The molecule has 0 aliphatic rings. The van der Waals surface area contributed by atoms with E-state index in [0.29, 0.717) is 34.8 Å². The third-order valence-corrected chi connectivity index (χ3v) is 4.59. The minimum absolute atomic E-state index is 0.0444. The molecular formula is C16H18N4O2S. The molecule has 1 N–H and O–H groups in total. The molecule has 0 unspecified atom stereocenters. The van der Waals surface area contributed by atoms with Gasteiger partial charge in [-0.3, -0.25) is 9.36 Å². The van der Waals surface area contributed by atoms with Crippen molar-refractivity contribution in [3.63, 3.8) is 0 Å². The van der Waals surface area contributed by atoms with E-state index in [1.807, 2.05) is 36.0 Å². The Hall–Kier alpha value is -2.12. The van der Waals surface area contributed by atoms with E-state index in [2.05, 4.69) is 9.97 Å². The molecule has 0 saturated carbocycles. The number of rotatable bonds is 6. The summed E-state index contributed by atoms with van der Waals surface area (Å²) in [5.74, 6) is 1.55. The molecule has 3 rings (SSSR count). The van der Waals surface area contributed by atoms with Gasteiger partial charge in [0.15, 0.2) is 5.16 Å². The number of aliphatic hydroxyl groups excluding tert-OH is 1. The third-order valence-electron chi connectivity index (χ3n) is 3.62. The Kier molecular flexibility index (Phi) is 4.78. The van der Waals surface area contributed by atoms with Crippen molar-refractivity contribution in [2.45, 2.75) is 23.9 Å². The summed E-state index contributed by atoms with van der Waals surface area (Å²) in [6.07, 6.45) is 4.17. The van der Waals surface area contributed by atoms with Crippen molar-refractivity contribution >= 4 is 22.7 Å². The van der Waals surface area contributed by atoms with Crippen LogP contribution in [0.2, 0.25) is 0 Å². The maximum atomic E-state index is 12.7. The number of thioether (sulfide) groups is 1. The largest absolute Gasteiger partial charge is 0.396 e. The van der Waals surface area contributed by atoms with Crippen LogP contribution in [0.3, 0.4) is 0 Å². The zero-order valence-electron chi connectivity index (χ0n) is 12.8. The fraction of sp³-hybridized carbons (Fsp3) is 0.312. The molecule has 0 radical (unpaired) electrons. The summed E-state index contributed by atoms with van der Waals surface area (Å²) in [5, 5.41) is 10.3. The van der Waals surface area contributed by atoms with Gasteiger partial charge in [0.25, 0.3) is 5.56 Å². The van der Waals surface area contributed by atoms with Crippen LogP contribution in [-0.2, 0) is 19.3 Å². The van der Waals surface area contributed by atoms with Crippen LogP contribution in [0.25, 0.3) is 10.9 Å². The van der Waals surface area contributed by atoms with Crippen LogP contribution in [0.4, 0.5) is 0 Å². The molecule has 0 saturated heterocycles. The zero-order valence-corrected chi connectivity index (χ0v) is 13.7. The van der Waals surface area contributed by atoms with Crippen LogP contribution in [0.15, 0.2) is 46.6 Å². The quantitative estimate of drug-likeness (QED) is 0.551. The first-order chi connectivity index (χ1) is 11.2. The van der Waals surface area contributed by atoms with Crippen LogP contribution >= 0.6 is 11.8 Å². The Labute approximate surface area is 137 Å². The number of aromatic nitrogens is 4. The monoisotopic (exact) mass is 330 g/mol. The lowest BCUT2D eigenvalue weighted by molar-refractivity contribution is 0.276. The highest BCUT2D eigenvalue weighted by molar-refractivity contribution is 7.98. The Bertz CT molecular complexity index is 872. The number of aryl methyl sites for hydroxylation is 1. The average molecular weight is 330 g/mol. The van der Waals surface area contributed by atoms with Gasteiger partial charge >= 0.3 is 0 Å². The SMILES string of the molecule is Cn1ccnc1CSc1nc2ccccc2c(=O)n1CCCO. The van der Waals surface area contributed by atoms with Gasteiger partial charge < -0.3 is 9.67 Å². The second kappa shape index (κ2) is 6.97. The van der Waals surface area contributed by atoms with Crippen molar-refractivity contribution in [2.75, 3.05) is 6.61 Å². The molecule has 23 heavy (non-hydrogen) atoms. The predicted octanol–water partition coefficient (Wildman–Crippen LogP) is 1.80. The minimum Gasteiger partial charge on any atom is -0.396 e. The maximum absolute atomic E-state index is 12.7. The van der Waals surface area contributed by atoms with E-state index < -0.39 is 0 Å². The van der Waals surface area contributed by atoms with E-state index in [1.54, 1.807) is 16.8 Å². The van der Waals surface area contributed by atoms with Crippen LogP contribution in [-0.4, -0.2) is 30.8 Å². The summed E-state index contributed by atoms with van der Waals surface area (Å²) in [4.78, 5) is 21.6. The van der Waals surface area contributed by atoms with E-state index >= 15 is 0 Å². The van der Waals surface area contributed by atoms with Gasteiger partial charge in [0.2, 0.25) is 0 Å². The van der Waals surface area contributed by atoms with Gasteiger partial charge in [-0.1, -0.05) is 23.9 Å². The molecule has 1 aromatic carbocycles. The van der Waals surface area contributed by atoms with E-state index in [1.165, 1.54) is 11.8 Å². The highest BCUT2D eigenvalue weighted by Gasteiger charge is 2.12. The zero-order chi connectivity index (χ0) is 16.2. The first kappa shape index (κ1) is 15.8. The van der Waals surface area contributed by atoms with Crippen molar-refractivity contribution in [1.29, 1.82) is 0 Å². The number of hydrogen-bond donors (Lipinski definition) is 1. The van der Waals surface area contributed by atoms with Gasteiger partial charge in [-0.15, -0.1) is 0 Å². The molecule has 0 amide bonds. The van der Waals surface area contributed by atoms with Crippen LogP contribution in [0.1, 0.15) is 12.2 Å². The summed E-state index contributed by atoms with van der Waals surface area (Å²) in [7, 11) is 1.94. The average Bonchev–Trinajstić information content (AvgIpc) is 2.97. The number of hydrogen-bond acceptors (Lipinski definition) is 5. The normalized spacial score (nSPS) is 11.2. The number of nitrogens with zero attached hydrogens (tertiary/aromatic N) is 4. The van der Waals surface area contributed by atoms with Crippen molar-refractivity contribution < 1.29 is 5.11 Å². The topological polar surface area (TPSA) is 72.9 Å². The molecule has 0 bridgehead atoms. The first-order valence-electron chi connectivity index (χ1n) is 7.40. The third kappa shape index (κ3) is 3.30. The van der Waals surface area contributed by atoms with Gasteiger partial charge in [0.1, 0.15) is 5.82 Å². The lowest BCUT2D eigenvalue weighted by Gasteiger charge is -2.12. The minimum atomic E-state index is -0.0635. The summed E-state index contributed by atoms with van der Waals surface area (Å²) >= 11 is 1.49. The molecular weight excluding hydrogens is 312 g/mol. The smallest absolute Gasteiger partial charge is 0.262 e. The fourth-order valence-corrected chi connectivity index (χ4v) is 3.38. The Morgan fingerprint density at radius 2 is 2.13 bits per heavy atom. The van der Waals surface area contributed by atoms with E-state index in [9.17, 15) is 4.79 Å². The van der Waals surface area contributed by atoms with E-state index in [-0.39, 0.29) is 12.2 Å². The second-order valence-electron chi connectivity index (χ2n) is 5.19. The van der Waals surface area contributed by atoms with Crippen molar-refractivity contribution in [3.8, 4) is 0 Å². The van der Waals surface area contributed by atoms with Crippen molar-refractivity contribution in [1.82, 2.24) is 19.1 Å². The number of para-hydroxylation sites is 1. The summed E-state index contributed by atoms with van der Waals surface area (Å²) < 4.78 is 3.59. The Morgan fingerprint density at radius 1 is 1.30 bits per heavy atom. The molecule has 3 aromatic rings. The van der Waals surface area contributed by atoms with E-state index in [0.717, 1.165) is 5.82 Å². The molecule has 120 valence electrons. The summed E-state index contributed by atoms with van der Waals surface area (Å²) in [5.41, 5.74) is 0.631. The molecule has 0 fully saturated rings.